The van der Waals surface area contributed by atoms with E-state index in [-0.39, 0.29) is 53.6 Å². The van der Waals surface area contributed by atoms with Gasteiger partial charge < -0.3 is 35.0 Å². The maximum Gasteiger partial charge on any atom is 0.306 e. The van der Waals surface area contributed by atoms with Crippen molar-refractivity contribution in [3.8, 4) is 0 Å². The van der Waals surface area contributed by atoms with Crippen LogP contribution in [0.3, 0.4) is 0 Å². The Morgan fingerprint density at radius 2 is 1.13 bits per heavy atom. The predicted molar refractivity (Wildman–Crippen MR) is 285 cm³/mol. The van der Waals surface area contributed by atoms with Gasteiger partial charge in [-0.3, -0.25) is 9.59 Å². The fourth-order valence-electron chi connectivity index (χ4n) is 11.2. The molecule has 402 valence electrons. The molecule has 0 amide bonds. The Kier molecular flexibility index (Phi) is 30.1. The van der Waals surface area contributed by atoms with E-state index in [2.05, 4.69) is 87.5 Å². The molecular formula is C60H108O9. The maximum absolute atomic E-state index is 11.3. The van der Waals surface area contributed by atoms with Crippen molar-refractivity contribution in [1.29, 1.82) is 0 Å². The van der Waals surface area contributed by atoms with Crippen LogP contribution in [0.15, 0.2) is 34.9 Å². The highest BCUT2D eigenvalue weighted by atomic mass is 16.5. The first-order chi connectivity index (χ1) is 32.5. The van der Waals surface area contributed by atoms with E-state index in [1.807, 2.05) is 6.92 Å². The highest BCUT2D eigenvalue weighted by Gasteiger charge is 2.39. The van der Waals surface area contributed by atoms with Crippen molar-refractivity contribution < 1.29 is 44.6 Å². The molecule has 0 spiro atoms. The van der Waals surface area contributed by atoms with Gasteiger partial charge in [0.2, 0.25) is 0 Å². The highest BCUT2D eigenvalue weighted by molar-refractivity contribution is 5.69. The third kappa shape index (κ3) is 24.0. The summed E-state index contributed by atoms with van der Waals surface area (Å²) in [6, 6.07) is 0. The van der Waals surface area contributed by atoms with Gasteiger partial charge >= 0.3 is 11.9 Å². The molecule has 0 heterocycles. The van der Waals surface area contributed by atoms with Gasteiger partial charge in [-0.15, -0.1) is 0 Å². The van der Waals surface area contributed by atoms with Crippen LogP contribution in [0.5, 0.6) is 0 Å². The van der Waals surface area contributed by atoms with Crippen LogP contribution < -0.4 is 0 Å². The maximum atomic E-state index is 11.3. The van der Waals surface area contributed by atoms with Crippen LogP contribution in [0.1, 0.15) is 225 Å². The molecular weight excluding hydrogens is 865 g/mol. The summed E-state index contributed by atoms with van der Waals surface area (Å²) < 4.78 is 13.5. The Bertz CT molecular complexity index is 1530. The van der Waals surface area contributed by atoms with Gasteiger partial charge in [-0.05, 0) is 162 Å². The van der Waals surface area contributed by atoms with E-state index in [1.54, 1.807) is 13.8 Å². The molecule has 0 aromatic rings. The Hall–Kier alpha value is -2.04. The minimum atomic E-state index is -0.766. The quantitative estimate of drug-likeness (QED) is 0.0383. The largest absolute Gasteiger partial charge is 0.481 e. The van der Waals surface area contributed by atoms with Crippen LogP contribution in [-0.2, 0) is 19.1 Å². The Labute approximate surface area is 423 Å². The SMILES string of the molecule is CCOC1C(C(CCOC2C(CCC(C)CCCC(C)CCCC(C)(O)CCCC(C)C(=O)O)=CC(O)C(C)C2C)CC(C)CCCC(C)CCC/C(C)=C/CCC(C)C(=O)O)=CC(O)C(C)C1C. The molecule has 0 aromatic carbocycles. The number of ether oxygens (including phenoxy) is 2. The lowest BCUT2D eigenvalue weighted by molar-refractivity contribution is -0.142. The lowest BCUT2D eigenvalue weighted by Crippen LogP contribution is -2.41. The van der Waals surface area contributed by atoms with Gasteiger partial charge in [0.15, 0.2) is 0 Å². The van der Waals surface area contributed by atoms with E-state index in [0.717, 1.165) is 64.2 Å². The molecule has 16 atom stereocenters. The molecule has 0 fully saturated rings. The van der Waals surface area contributed by atoms with Crippen molar-refractivity contribution in [2.45, 2.75) is 255 Å². The molecule has 0 bridgehead atoms. The summed E-state index contributed by atoms with van der Waals surface area (Å²) in [7, 11) is 0. The van der Waals surface area contributed by atoms with E-state index in [4.69, 9.17) is 19.7 Å². The molecule has 2 aliphatic rings. The minimum absolute atomic E-state index is 0.0130. The van der Waals surface area contributed by atoms with Crippen molar-refractivity contribution >= 4 is 11.9 Å². The number of carbonyl (C=O) groups is 2. The van der Waals surface area contributed by atoms with Crippen molar-refractivity contribution in [3.63, 3.8) is 0 Å². The average Bonchev–Trinajstić information content (AvgIpc) is 3.27. The molecule has 0 aromatic heterocycles. The smallest absolute Gasteiger partial charge is 0.306 e. The standard InChI is InChI=1S/C60H108O9/c1-14-68-57-50(12)48(10)55(62)39-53(57)51(37-44(6)27-17-24-40(2)21-15-22-41(3)26-18-29-45(7)58(63)64)33-36-69-56-49(11)47(9)54(61)38-52(56)32-31-43(5)25-16-23-42(4)28-19-34-60(13,67)35-20-30-46(8)59(65)66/h26,38-40,42-51,54-57,61-62,67H,14-25,27-37H2,1-13H3,(H,63,64)(H,65,66)/b41-26+. The molecule has 2 aliphatic carbocycles. The second-order valence-corrected chi connectivity index (χ2v) is 23.8. The van der Waals surface area contributed by atoms with Crippen molar-refractivity contribution in [3.05, 3.63) is 34.9 Å². The van der Waals surface area contributed by atoms with Gasteiger partial charge in [0.05, 0.1) is 41.9 Å². The Morgan fingerprint density at radius 3 is 1.71 bits per heavy atom. The fraction of sp³-hybridized carbons (Fsp3) is 0.867. The van der Waals surface area contributed by atoms with E-state index in [0.29, 0.717) is 56.1 Å². The first-order valence-electron chi connectivity index (χ1n) is 28.3. The zero-order chi connectivity index (χ0) is 51.8. The summed E-state index contributed by atoms with van der Waals surface area (Å²) in [5.41, 5.74) is 3.13. The molecule has 9 heteroatoms. The van der Waals surface area contributed by atoms with Gasteiger partial charge in [-0.25, -0.2) is 0 Å². The molecule has 0 saturated heterocycles. The molecule has 2 rings (SSSR count). The number of carboxylic acid groups (broad SMARTS) is 2. The molecule has 9 nitrogen and oxygen atoms in total. The second-order valence-electron chi connectivity index (χ2n) is 23.8. The first kappa shape index (κ1) is 63.1. The Balaban J connectivity index is 1.98. The van der Waals surface area contributed by atoms with Crippen LogP contribution in [0.2, 0.25) is 0 Å². The topological polar surface area (TPSA) is 154 Å². The van der Waals surface area contributed by atoms with Crippen molar-refractivity contribution in [2.75, 3.05) is 13.2 Å². The number of aliphatic hydroxyl groups excluding tert-OH is 2. The molecule has 5 N–H and O–H groups in total. The molecule has 0 radical (unpaired) electrons. The number of carboxylic acids is 2. The van der Waals surface area contributed by atoms with E-state index in [1.165, 1.54) is 68.1 Å². The minimum Gasteiger partial charge on any atom is -0.481 e. The summed E-state index contributed by atoms with van der Waals surface area (Å²) in [5, 5.41) is 51.6. The van der Waals surface area contributed by atoms with Gasteiger partial charge in [0, 0.05) is 13.2 Å². The van der Waals surface area contributed by atoms with Gasteiger partial charge in [-0.1, -0.05) is 151 Å². The van der Waals surface area contributed by atoms with Crippen LogP contribution in [0, 0.1) is 65.1 Å². The third-order valence-corrected chi connectivity index (χ3v) is 17.1. The summed E-state index contributed by atoms with van der Waals surface area (Å²) in [4.78, 5) is 22.3. The lowest BCUT2D eigenvalue weighted by atomic mass is 9.71. The van der Waals surface area contributed by atoms with E-state index in [9.17, 15) is 24.9 Å². The summed E-state index contributed by atoms with van der Waals surface area (Å²) >= 11 is 0. The fourth-order valence-corrected chi connectivity index (χ4v) is 11.2. The zero-order valence-electron chi connectivity index (χ0n) is 46.5. The number of hydrogen-bond acceptors (Lipinski definition) is 7. The van der Waals surface area contributed by atoms with E-state index < -0.39 is 29.7 Å². The number of rotatable bonds is 37. The van der Waals surface area contributed by atoms with Crippen LogP contribution in [0.25, 0.3) is 0 Å². The normalized spacial score (nSPS) is 27.3. The molecule has 16 unspecified atom stereocenters. The number of aliphatic hydroxyl groups is 3. The van der Waals surface area contributed by atoms with Crippen LogP contribution in [0.4, 0.5) is 0 Å². The summed E-state index contributed by atoms with van der Waals surface area (Å²) in [6.07, 6.45) is 26.3. The lowest BCUT2D eigenvalue weighted by Gasteiger charge is -2.41. The monoisotopic (exact) mass is 973 g/mol. The Morgan fingerprint density at radius 1 is 0.638 bits per heavy atom. The third-order valence-electron chi connectivity index (χ3n) is 17.1. The number of hydrogen-bond donors (Lipinski definition) is 5. The highest BCUT2D eigenvalue weighted by Crippen LogP contribution is 2.41. The summed E-state index contributed by atoms with van der Waals surface area (Å²) in [6.45, 7) is 29.2. The van der Waals surface area contributed by atoms with E-state index >= 15 is 0 Å². The predicted octanol–water partition coefficient (Wildman–Crippen LogP) is 14.4. The molecule has 0 saturated carbocycles. The van der Waals surface area contributed by atoms with Crippen LogP contribution in [-0.4, -0.2) is 80.7 Å². The number of allylic oxidation sites excluding steroid dienone is 2. The van der Waals surface area contributed by atoms with Gasteiger partial charge in [-0.2, -0.15) is 0 Å². The summed E-state index contributed by atoms with van der Waals surface area (Å²) in [5.74, 6) is 1.12. The molecule has 0 aliphatic heterocycles. The van der Waals surface area contributed by atoms with Crippen molar-refractivity contribution in [2.24, 2.45) is 65.1 Å². The van der Waals surface area contributed by atoms with Crippen LogP contribution >= 0.6 is 0 Å². The second kappa shape index (κ2) is 32.9. The van der Waals surface area contributed by atoms with Gasteiger partial charge in [0.1, 0.15) is 0 Å². The average molecular weight is 974 g/mol. The number of aliphatic carboxylic acids is 2. The van der Waals surface area contributed by atoms with Crippen molar-refractivity contribution in [1.82, 2.24) is 0 Å². The van der Waals surface area contributed by atoms with Gasteiger partial charge in [0.25, 0.3) is 0 Å². The first-order valence-corrected chi connectivity index (χ1v) is 28.3. The molecule has 69 heavy (non-hydrogen) atoms. The zero-order valence-corrected chi connectivity index (χ0v) is 46.5.